The number of ether oxygens (including phenoxy) is 1. The largest absolute Gasteiger partial charge is 0.495 e. The molecule has 1 amide bonds. The number of hydrogen-bond donors (Lipinski definition) is 1. The minimum absolute atomic E-state index is 0.0391. The van der Waals surface area contributed by atoms with Gasteiger partial charge in [-0.1, -0.05) is 43.1 Å². The molecule has 0 radical (unpaired) electrons. The number of halogens is 2. The van der Waals surface area contributed by atoms with Gasteiger partial charge >= 0.3 is 0 Å². The van der Waals surface area contributed by atoms with Gasteiger partial charge in [0.25, 0.3) is 10.0 Å². The number of anilines is 1. The van der Waals surface area contributed by atoms with Crippen molar-refractivity contribution in [1.29, 1.82) is 0 Å². The molecule has 6 nitrogen and oxygen atoms in total. The van der Waals surface area contributed by atoms with Gasteiger partial charge in [-0.05, 0) is 48.7 Å². The molecule has 0 fully saturated rings. The van der Waals surface area contributed by atoms with Crippen LogP contribution in [-0.4, -0.2) is 34.5 Å². The minimum atomic E-state index is -4.14. The van der Waals surface area contributed by atoms with E-state index in [9.17, 15) is 13.2 Å². The van der Waals surface area contributed by atoms with Crippen LogP contribution in [0.1, 0.15) is 19.4 Å². The van der Waals surface area contributed by atoms with Gasteiger partial charge in [0.2, 0.25) is 5.91 Å². The van der Waals surface area contributed by atoms with Gasteiger partial charge in [-0.25, -0.2) is 8.42 Å². The number of nitrogens with one attached hydrogen (secondary N) is 1. The number of nitrogens with zero attached hydrogens (tertiary/aromatic N) is 1. The van der Waals surface area contributed by atoms with Crippen molar-refractivity contribution < 1.29 is 17.9 Å². The lowest BCUT2D eigenvalue weighted by molar-refractivity contribution is -0.119. The molecule has 0 spiro atoms. The van der Waals surface area contributed by atoms with Gasteiger partial charge in [-0.2, -0.15) is 0 Å². The van der Waals surface area contributed by atoms with Gasteiger partial charge in [0.05, 0.1) is 22.8 Å². The van der Waals surface area contributed by atoms with Gasteiger partial charge in [-0.3, -0.25) is 9.10 Å². The smallest absolute Gasteiger partial charge is 0.268 e. The van der Waals surface area contributed by atoms with Crippen LogP contribution < -0.4 is 14.4 Å². The van der Waals surface area contributed by atoms with E-state index >= 15 is 0 Å². The predicted octanol–water partition coefficient (Wildman–Crippen LogP) is 4.28. The minimum Gasteiger partial charge on any atom is -0.495 e. The number of methoxy groups -OCH3 is 1. The van der Waals surface area contributed by atoms with E-state index in [4.69, 9.17) is 27.9 Å². The molecule has 0 atom stereocenters. The molecule has 0 aliphatic heterocycles. The van der Waals surface area contributed by atoms with Gasteiger partial charge in [0, 0.05) is 6.54 Å². The quantitative estimate of drug-likeness (QED) is 0.640. The second kappa shape index (κ2) is 9.69. The zero-order valence-corrected chi connectivity index (χ0v) is 19.0. The van der Waals surface area contributed by atoms with E-state index in [1.807, 2.05) is 13.8 Å². The fraction of sp³-hybridized carbons (Fsp3) is 0.350. The summed E-state index contributed by atoms with van der Waals surface area (Å²) in [6.07, 6.45) is 0. The maximum absolute atomic E-state index is 13.5. The summed E-state index contributed by atoms with van der Waals surface area (Å²) < 4.78 is 33.3. The fourth-order valence-corrected chi connectivity index (χ4v) is 4.51. The zero-order valence-electron chi connectivity index (χ0n) is 16.7. The lowest BCUT2D eigenvalue weighted by Gasteiger charge is -2.25. The van der Waals surface area contributed by atoms with Crippen molar-refractivity contribution in [2.75, 3.05) is 24.5 Å². The van der Waals surface area contributed by atoms with Crippen molar-refractivity contribution >= 4 is 44.8 Å². The second-order valence-corrected chi connectivity index (χ2v) is 9.61. The molecule has 0 aromatic heterocycles. The Hall–Kier alpha value is -1.96. The summed E-state index contributed by atoms with van der Waals surface area (Å²) >= 11 is 12.1. The number of hydrogen-bond acceptors (Lipinski definition) is 4. The van der Waals surface area contributed by atoms with Gasteiger partial charge in [-0.15, -0.1) is 0 Å². The molecule has 0 bridgehead atoms. The number of rotatable bonds is 8. The van der Waals surface area contributed by atoms with Crippen molar-refractivity contribution in [3.8, 4) is 5.75 Å². The van der Waals surface area contributed by atoms with E-state index in [0.717, 1.165) is 9.87 Å². The van der Waals surface area contributed by atoms with Crippen LogP contribution in [0.4, 0.5) is 5.69 Å². The van der Waals surface area contributed by atoms with Gasteiger partial charge in [0.1, 0.15) is 17.2 Å². The Balaban J connectivity index is 2.55. The molecule has 0 unspecified atom stereocenters. The van der Waals surface area contributed by atoms with Gasteiger partial charge in [0.15, 0.2) is 0 Å². The van der Waals surface area contributed by atoms with Gasteiger partial charge < -0.3 is 10.1 Å². The van der Waals surface area contributed by atoms with Crippen LogP contribution in [0.25, 0.3) is 0 Å². The lowest BCUT2D eigenvalue weighted by Crippen LogP contribution is -2.42. The standard InChI is InChI=1S/C20H24Cl2N2O4S/c1-13(2)11-23-20(25)12-24(15-6-7-16(21)17(22)10-15)29(26,27)19-9-14(3)5-8-18(19)28-4/h5-10,13H,11-12H2,1-4H3,(H,23,25). The van der Waals surface area contributed by atoms with E-state index in [1.165, 1.54) is 31.4 Å². The molecular weight excluding hydrogens is 435 g/mol. The van der Waals surface area contributed by atoms with Crippen LogP contribution in [0.2, 0.25) is 10.0 Å². The Morgan fingerprint density at radius 3 is 2.41 bits per heavy atom. The highest BCUT2D eigenvalue weighted by molar-refractivity contribution is 7.93. The molecule has 9 heteroatoms. The van der Waals surface area contributed by atoms with Crippen LogP contribution in [0.5, 0.6) is 5.75 Å². The van der Waals surface area contributed by atoms with E-state index in [0.29, 0.717) is 6.54 Å². The highest BCUT2D eigenvalue weighted by Crippen LogP contribution is 2.33. The van der Waals surface area contributed by atoms with Crippen LogP contribution >= 0.6 is 23.2 Å². The number of aryl methyl sites for hydroxylation is 1. The van der Waals surface area contributed by atoms with E-state index in [2.05, 4.69) is 5.32 Å². The van der Waals surface area contributed by atoms with Crippen molar-refractivity contribution in [1.82, 2.24) is 5.32 Å². The average molecular weight is 459 g/mol. The first kappa shape index (κ1) is 23.3. The maximum atomic E-state index is 13.5. The summed E-state index contributed by atoms with van der Waals surface area (Å²) in [4.78, 5) is 12.4. The molecule has 29 heavy (non-hydrogen) atoms. The highest BCUT2D eigenvalue weighted by atomic mass is 35.5. The first-order chi connectivity index (χ1) is 13.6. The molecule has 2 rings (SSSR count). The molecule has 0 saturated carbocycles. The van der Waals surface area contributed by atoms with E-state index < -0.39 is 22.5 Å². The van der Waals surface area contributed by atoms with Crippen molar-refractivity contribution in [3.05, 3.63) is 52.0 Å². The third kappa shape index (κ3) is 5.78. The van der Waals surface area contributed by atoms with Crippen LogP contribution in [0, 0.1) is 12.8 Å². The van der Waals surface area contributed by atoms with Crippen LogP contribution in [0.15, 0.2) is 41.3 Å². The summed E-state index contributed by atoms with van der Waals surface area (Å²) in [6, 6.07) is 9.24. The molecule has 2 aromatic carbocycles. The molecular formula is C20H24Cl2N2O4S. The number of amides is 1. The van der Waals surface area contributed by atoms with E-state index in [1.54, 1.807) is 19.1 Å². The second-order valence-electron chi connectivity index (χ2n) is 6.96. The molecule has 1 N–H and O–H groups in total. The first-order valence-electron chi connectivity index (χ1n) is 8.95. The molecule has 0 aliphatic carbocycles. The molecule has 2 aromatic rings. The number of carbonyl (C=O) groups is 1. The third-order valence-corrected chi connectivity index (χ3v) is 6.61. The summed E-state index contributed by atoms with van der Waals surface area (Å²) in [5.74, 6) is -0.0194. The Bertz CT molecular complexity index is 994. The Morgan fingerprint density at radius 2 is 1.83 bits per heavy atom. The van der Waals surface area contributed by atoms with Crippen molar-refractivity contribution in [3.63, 3.8) is 0 Å². The van der Waals surface area contributed by atoms with Crippen molar-refractivity contribution in [2.45, 2.75) is 25.7 Å². The normalized spacial score (nSPS) is 11.4. The number of benzene rings is 2. The average Bonchev–Trinajstić information content (AvgIpc) is 2.66. The summed E-state index contributed by atoms with van der Waals surface area (Å²) in [5, 5.41) is 3.20. The number of sulfonamides is 1. The third-order valence-electron chi connectivity index (χ3n) is 4.07. The summed E-state index contributed by atoms with van der Waals surface area (Å²) in [6.45, 7) is 5.69. The molecule has 0 heterocycles. The number of carbonyl (C=O) groups excluding carboxylic acids is 1. The predicted molar refractivity (Wildman–Crippen MR) is 117 cm³/mol. The van der Waals surface area contributed by atoms with Crippen molar-refractivity contribution in [2.24, 2.45) is 5.92 Å². The van der Waals surface area contributed by atoms with Crippen LogP contribution in [0.3, 0.4) is 0 Å². The molecule has 0 saturated heterocycles. The topological polar surface area (TPSA) is 75.7 Å². The Labute approximate surface area is 181 Å². The summed E-state index contributed by atoms with van der Waals surface area (Å²) in [7, 11) is -2.75. The van der Waals surface area contributed by atoms with E-state index in [-0.39, 0.29) is 32.3 Å². The first-order valence-corrected chi connectivity index (χ1v) is 11.1. The fourth-order valence-electron chi connectivity index (χ4n) is 2.56. The monoisotopic (exact) mass is 458 g/mol. The van der Waals surface area contributed by atoms with Crippen LogP contribution in [-0.2, 0) is 14.8 Å². The Kier molecular flexibility index (Phi) is 7.80. The Morgan fingerprint density at radius 1 is 1.14 bits per heavy atom. The summed E-state index contributed by atoms with van der Waals surface area (Å²) in [5.41, 5.74) is 0.963. The SMILES string of the molecule is COc1ccc(C)cc1S(=O)(=O)N(CC(=O)NCC(C)C)c1ccc(Cl)c(Cl)c1. The zero-order chi connectivity index (χ0) is 21.8. The highest BCUT2D eigenvalue weighted by Gasteiger charge is 2.30. The molecule has 158 valence electrons. The maximum Gasteiger partial charge on any atom is 0.268 e. The lowest BCUT2D eigenvalue weighted by atomic mass is 10.2. The molecule has 0 aliphatic rings.